The van der Waals surface area contributed by atoms with Crippen molar-refractivity contribution in [3.63, 3.8) is 0 Å². The Morgan fingerprint density at radius 1 is 1.79 bits per heavy atom. The van der Waals surface area contributed by atoms with E-state index in [2.05, 4.69) is 15.3 Å². The predicted molar refractivity (Wildman–Crippen MR) is 51.3 cm³/mol. The summed E-state index contributed by atoms with van der Waals surface area (Å²) in [6, 6.07) is -0.112. The minimum atomic E-state index is -0.610. The lowest BCUT2D eigenvalue weighted by molar-refractivity contribution is -0.123. The standard InChI is InChI=1S/C9H14N4O/c1-6(7-11-4-5-12-7)13-8(14)9(10)2-3-9/h4-6H,2-3,10H2,1H3,(H,11,12)(H,13,14). The van der Waals surface area contributed by atoms with E-state index in [0.717, 1.165) is 18.7 Å². The second-order valence-corrected chi connectivity index (χ2v) is 3.83. The number of carbonyl (C=O) groups is 1. The highest BCUT2D eigenvalue weighted by atomic mass is 16.2. The van der Waals surface area contributed by atoms with Crippen molar-refractivity contribution in [2.45, 2.75) is 31.3 Å². The maximum absolute atomic E-state index is 11.6. The number of imidazole rings is 1. The van der Waals surface area contributed by atoms with Crippen LogP contribution in [0.2, 0.25) is 0 Å². The van der Waals surface area contributed by atoms with E-state index in [4.69, 9.17) is 5.73 Å². The van der Waals surface area contributed by atoms with Crippen LogP contribution in [0.1, 0.15) is 31.6 Å². The molecule has 1 heterocycles. The predicted octanol–water partition coefficient (Wildman–Crippen LogP) is 0.0782. The first kappa shape index (κ1) is 9.21. The highest BCUT2D eigenvalue weighted by Gasteiger charge is 2.46. The van der Waals surface area contributed by atoms with Crippen LogP contribution in [-0.2, 0) is 4.79 Å². The zero-order valence-corrected chi connectivity index (χ0v) is 8.08. The zero-order chi connectivity index (χ0) is 10.2. The van der Waals surface area contributed by atoms with Gasteiger partial charge >= 0.3 is 0 Å². The molecule has 1 amide bonds. The van der Waals surface area contributed by atoms with Gasteiger partial charge in [-0.1, -0.05) is 0 Å². The molecule has 0 aliphatic heterocycles. The smallest absolute Gasteiger partial charge is 0.240 e. The summed E-state index contributed by atoms with van der Waals surface area (Å²) in [7, 11) is 0. The summed E-state index contributed by atoms with van der Waals surface area (Å²) < 4.78 is 0. The second kappa shape index (κ2) is 3.09. The Balaban J connectivity index is 1.95. The van der Waals surface area contributed by atoms with Gasteiger partial charge in [0.15, 0.2) is 0 Å². The van der Waals surface area contributed by atoms with Gasteiger partial charge in [0, 0.05) is 12.4 Å². The fourth-order valence-corrected chi connectivity index (χ4v) is 1.28. The Bertz CT molecular complexity index is 329. The molecule has 14 heavy (non-hydrogen) atoms. The molecule has 5 nitrogen and oxygen atoms in total. The van der Waals surface area contributed by atoms with E-state index in [-0.39, 0.29) is 11.9 Å². The number of nitrogens with one attached hydrogen (secondary N) is 2. The summed E-state index contributed by atoms with van der Waals surface area (Å²) >= 11 is 0. The molecule has 4 N–H and O–H groups in total. The number of rotatable bonds is 3. The summed E-state index contributed by atoms with van der Waals surface area (Å²) in [5, 5.41) is 2.83. The van der Waals surface area contributed by atoms with Crippen molar-refractivity contribution in [1.82, 2.24) is 15.3 Å². The van der Waals surface area contributed by atoms with Crippen LogP contribution in [0.5, 0.6) is 0 Å². The van der Waals surface area contributed by atoms with Crippen LogP contribution in [0.15, 0.2) is 12.4 Å². The third-order valence-corrected chi connectivity index (χ3v) is 2.52. The van der Waals surface area contributed by atoms with Crippen molar-refractivity contribution < 1.29 is 4.79 Å². The van der Waals surface area contributed by atoms with E-state index in [0.29, 0.717) is 0 Å². The van der Waals surface area contributed by atoms with E-state index in [1.54, 1.807) is 12.4 Å². The molecule has 1 aliphatic carbocycles. The lowest BCUT2D eigenvalue weighted by Gasteiger charge is -2.14. The Morgan fingerprint density at radius 2 is 2.50 bits per heavy atom. The number of nitrogens with two attached hydrogens (primary N) is 1. The normalized spacial score (nSPS) is 20.1. The highest BCUT2D eigenvalue weighted by Crippen LogP contribution is 2.32. The quantitative estimate of drug-likeness (QED) is 0.637. The van der Waals surface area contributed by atoms with E-state index in [9.17, 15) is 4.79 Å². The molecule has 76 valence electrons. The van der Waals surface area contributed by atoms with Gasteiger partial charge in [0.05, 0.1) is 11.6 Å². The topological polar surface area (TPSA) is 83.8 Å². The Kier molecular flexibility index (Phi) is 2.03. The molecule has 0 saturated heterocycles. The minimum Gasteiger partial charge on any atom is -0.347 e. The molecular formula is C9H14N4O. The third kappa shape index (κ3) is 1.63. The van der Waals surface area contributed by atoms with Crippen LogP contribution in [-0.4, -0.2) is 21.4 Å². The van der Waals surface area contributed by atoms with Crippen molar-refractivity contribution in [2.24, 2.45) is 5.73 Å². The summed E-state index contributed by atoms with van der Waals surface area (Å²) in [6.45, 7) is 1.88. The third-order valence-electron chi connectivity index (χ3n) is 2.52. The molecule has 0 bridgehead atoms. The number of hydrogen-bond donors (Lipinski definition) is 3. The molecule has 0 radical (unpaired) electrons. The average molecular weight is 194 g/mol. The molecule has 0 spiro atoms. The molecule has 1 atom stereocenters. The Hall–Kier alpha value is -1.36. The van der Waals surface area contributed by atoms with E-state index < -0.39 is 5.54 Å². The first-order chi connectivity index (χ1) is 6.62. The highest BCUT2D eigenvalue weighted by molar-refractivity contribution is 5.89. The van der Waals surface area contributed by atoms with Crippen molar-refractivity contribution in [2.75, 3.05) is 0 Å². The molecule has 2 rings (SSSR count). The molecule has 1 aromatic heterocycles. The number of carbonyl (C=O) groups excluding carboxylic acids is 1. The van der Waals surface area contributed by atoms with Gasteiger partial charge in [0.2, 0.25) is 5.91 Å². The first-order valence-corrected chi connectivity index (χ1v) is 4.71. The summed E-state index contributed by atoms with van der Waals surface area (Å²) in [5.41, 5.74) is 5.14. The van der Waals surface area contributed by atoms with Crippen LogP contribution >= 0.6 is 0 Å². The van der Waals surface area contributed by atoms with E-state index in [1.807, 2.05) is 6.92 Å². The SMILES string of the molecule is CC(NC(=O)C1(N)CC1)c1ncc[nH]1. The number of nitrogens with zero attached hydrogens (tertiary/aromatic N) is 1. The average Bonchev–Trinajstić information content (AvgIpc) is 2.71. The molecule has 1 aliphatic rings. The number of aromatic amines is 1. The van der Waals surface area contributed by atoms with Gasteiger partial charge in [-0.05, 0) is 19.8 Å². The van der Waals surface area contributed by atoms with Gasteiger partial charge < -0.3 is 16.0 Å². The summed E-state index contributed by atoms with van der Waals surface area (Å²) in [6.07, 6.45) is 4.95. The minimum absolute atomic E-state index is 0.0820. The van der Waals surface area contributed by atoms with Gasteiger partial charge in [-0.2, -0.15) is 0 Å². The molecular weight excluding hydrogens is 180 g/mol. The molecule has 1 aromatic rings. The van der Waals surface area contributed by atoms with E-state index in [1.165, 1.54) is 0 Å². The lowest BCUT2D eigenvalue weighted by Crippen LogP contribution is -2.43. The number of H-pyrrole nitrogens is 1. The van der Waals surface area contributed by atoms with Crippen molar-refractivity contribution >= 4 is 5.91 Å². The molecule has 1 fully saturated rings. The van der Waals surface area contributed by atoms with Crippen LogP contribution in [0.4, 0.5) is 0 Å². The first-order valence-electron chi connectivity index (χ1n) is 4.71. The second-order valence-electron chi connectivity index (χ2n) is 3.83. The van der Waals surface area contributed by atoms with Crippen LogP contribution in [0, 0.1) is 0 Å². The molecule has 5 heteroatoms. The molecule has 0 aromatic carbocycles. The maximum atomic E-state index is 11.6. The van der Waals surface area contributed by atoms with Crippen molar-refractivity contribution in [3.8, 4) is 0 Å². The maximum Gasteiger partial charge on any atom is 0.240 e. The number of hydrogen-bond acceptors (Lipinski definition) is 3. The number of aromatic nitrogens is 2. The summed E-state index contributed by atoms with van der Waals surface area (Å²) in [5.74, 6) is 0.670. The van der Waals surface area contributed by atoms with Gasteiger partial charge in [0.1, 0.15) is 5.82 Å². The van der Waals surface area contributed by atoms with Crippen LogP contribution in [0.3, 0.4) is 0 Å². The zero-order valence-electron chi connectivity index (χ0n) is 8.08. The van der Waals surface area contributed by atoms with Crippen molar-refractivity contribution in [3.05, 3.63) is 18.2 Å². The van der Waals surface area contributed by atoms with Gasteiger partial charge in [0.25, 0.3) is 0 Å². The van der Waals surface area contributed by atoms with Gasteiger partial charge in [-0.15, -0.1) is 0 Å². The summed E-state index contributed by atoms with van der Waals surface area (Å²) in [4.78, 5) is 18.6. The van der Waals surface area contributed by atoms with Crippen LogP contribution in [0.25, 0.3) is 0 Å². The fraction of sp³-hybridized carbons (Fsp3) is 0.556. The van der Waals surface area contributed by atoms with Crippen LogP contribution < -0.4 is 11.1 Å². The van der Waals surface area contributed by atoms with Crippen molar-refractivity contribution in [1.29, 1.82) is 0 Å². The molecule has 1 saturated carbocycles. The van der Waals surface area contributed by atoms with Gasteiger partial charge in [-0.25, -0.2) is 4.98 Å². The Labute approximate surface area is 82.1 Å². The van der Waals surface area contributed by atoms with E-state index >= 15 is 0 Å². The number of amides is 1. The molecule has 1 unspecified atom stereocenters. The monoisotopic (exact) mass is 194 g/mol. The van der Waals surface area contributed by atoms with Gasteiger partial charge in [-0.3, -0.25) is 4.79 Å². The largest absolute Gasteiger partial charge is 0.347 e. The fourth-order valence-electron chi connectivity index (χ4n) is 1.28. The Morgan fingerprint density at radius 3 is 3.00 bits per heavy atom. The lowest BCUT2D eigenvalue weighted by atomic mass is 10.2.